The number of nitrogens with zero attached hydrogens (tertiary/aromatic N) is 2. The summed E-state index contributed by atoms with van der Waals surface area (Å²) in [4.78, 5) is 17.8. The van der Waals surface area contributed by atoms with Crippen LogP contribution < -0.4 is 5.32 Å². The zero-order chi connectivity index (χ0) is 15.4. The average molecular weight is 309 g/mol. The van der Waals surface area contributed by atoms with Crippen LogP contribution in [0.2, 0.25) is 0 Å². The second-order valence-corrected chi connectivity index (χ2v) is 7.38. The van der Waals surface area contributed by atoms with Crippen LogP contribution in [-0.2, 0) is 9.53 Å². The first-order valence-electron chi connectivity index (χ1n) is 8.95. The number of carbonyl (C=O) groups excluding carboxylic acids is 1. The van der Waals surface area contributed by atoms with E-state index in [0.717, 1.165) is 39.0 Å². The molecule has 3 aliphatic rings. The summed E-state index contributed by atoms with van der Waals surface area (Å²) in [6.45, 7) is 8.02. The Morgan fingerprint density at radius 1 is 1.23 bits per heavy atom. The van der Waals surface area contributed by atoms with Crippen LogP contribution in [0.3, 0.4) is 0 Å². The van der Waals surface area contributed by atoms with E-state index in [-0.39, 0.29) is 5.41 Å². The fourth-order valence-corrected chi connectivity index (χ4v) is 4.43. The molecule has 0 saturated carbocycles. The van der Waals surface area contributed by atoms with Gasteiger partial charge in [0.15, 0.2) is 0 Å². The summed E-state index contributed by atoms with van der Waals surface area (Å²) in [6.07, 6.45) is 5.68. The smallest absolute Gasteiger partial charge is 0.231 e. The van der Waals surface area contributed by atoms with Crippen LogP contribution in [0.5, 0.6) is 0 Å². The first-order chi connectivity index (χ1) is 10.7. The second-order valence-electron chi connectivity index (χ2n) is 7.38. The lowest BCUT2D eigenvalue weighted by molar-refractivity contribution is -0.146. The van der Waals surface area contributed by atoms with Crippen molar-refractivity contribution >= 4 is 5.91 Å². The van der Waals surface area contributed by atoms with Gasteiger partial charge in [-0.25, -0.2) is 0 Å². The Labute approximate surface area is 134 Å². The van der Waals surface area contributed by atoms with Gasteiger partial charge in [-0.05, 0) is 64.2 Å². The van der Waals surface area contributed by atoms with Crippen molar-refractivity contribution in [3.63, 3.8) is 0 Å². The van der Waals surface area contributed by atoms with E-state index in [9.17, 15) is 4.79 Å². The molecule has 5 nitrogen and oxygen atoms in total. The van der Waals surface area contributed by atoms with Gasteiger partial charge in [-0.1, -0.05) is 0 Å². The predicted molar refractivity (Wildman–Crippen MR) is 86.8 cm³/mol. The van der Waals surface area contributed by atoms with Crippen LogP contribution in [0.1, 0.15) is 32.1 Å². The topological polar surface area (TPSA) is 44.8 Å². The minimum Gasteiger partial charge on any atom is -0.384 e. The van der Waals surface area contributed by atoms with Crippen molar-refractivity contribution in [2.45, 2.75) is 32.1 Å². The molecule has 0 aromatic heterocycles. The Kier molecular flexibility index (Phi) is 5.37. The van der Waals surface area contributed by atoms with E-state index in [0.29, 0.717) is 18.4 Å². The first kappa shape index (κ1) is 16.2. The molecule has 1 atom stereocenters. The number of carbonyl (C=O) groups is 1. The van der Waals surface area contributed by atoms with Crippen LogP contribution in [-0.4, -0.2) is 75.2 Å². The van der Waals surface area contributed by atoms with Gasteiger partial charge in [0.25, 0.3) is 0 Å². The second kappa shape index (κ2) is 7.28. The number of methoxy groups -OCH3 is 1. The predicted octanol–water partition coefficient (Wildman–Crippen LogP) is 0.947. The molecule has 1 unspecified atom stereocenters. The van der Waals surface area contributed by atoms with E-state index < -0.39 is 0 Å². The average Bonchev–Trinajstić information content (AvgIpc) is 3.20. The summed E-state index contributed by atoms with van der Waals surface area (Å²) in [5.74, 6) is 1.02. The SMILES string of the molecule is COCC1(C(=O)N2CCC(CN3CCCC3)C2)CCNCC1. The van der Waals surface area contributed by atoms with Crippen molar-refractivity contribution in [1.29, 1.82) is 0 Å². The maximum absolute atomic E-state index is 13.1. The Hall–Kier alpha value is -0.650. The molecule has 0 aromatic rings. The molecular formula is C17H31N3O2. The molecule has 3 aliphatic heterocycles. The highest BCUT2D eigenvalue weighted by Gasteiger charge is 2.44. The number of ether oxygens (including phenoxy) is 1. The largest absolute Gasteiger partial charge is 0.384 e. The van der Waals surface area contributed by atoms with Gasteiger partial charge in [0, 0.05) is 26.7 Å². The summed E-state index contributed by atoms with van der Waals surface area (Å²) in [6, 6.07) is 0. The Balaban J connectivity index is 1.57. The Morgan fingerprint density at radius 3 is 2.64 bits per heavy atom. The van der Waals surface area contributed by atoms with Crippen LogP contribution in [0.25, 0.3) is 0 Å². The van der Waals surface area contributed by atoms with Gasteiger partial charge >= 0.3 is 0 Å². The van der Waals surface area contributed by atoms with Crippen LogP contribution in [0.4, 0.5) is 0 Å². The number of nitrogens with one attached hydrogen (secondary N) is 1. The maximum atomic E-state index is 13.1. The van der Waals surface area contributed by atoms with Crippen molar-refractivity contribution in [2.24, 2.45) is 11.3 Å². The standard InChI is InChI=1S/C17H31N3O2/c1-22-14-17(5-7-18-8-6-17)16(21)20-11-4-15(13-20)12-19-9-2-3-10-19/h15,18H,2-14H2,1H3. The van der Waals surface area contributed by atoms with Gasteiger partial charge in [-0.2, -0.15) is 0 Å². The fraction of sp³-hybridized carbons (Fsp3) is 0.941. The van der Waals surface area contributed by atoms with E-state index in [1.165, 1.54) is 38.9 Å². The molecule has 3 heterocycles. The highest BCUT2D eigenvalue weighted by molar-refractivity contribution is 5.83. The van der Waals surface area contributed by atoms with Crippen LogP contribution in [0, 0.1) is 11.3 Å². The van der Waals surface area contributed by atoms with Crippen LogP contribution in [0.15, 0.2) is 0 Å². The highest BCUT2D eigenvalue weighted by Crippen LogP contribution is 2.34. The molecule has 0 aliphatic carbocycles. The Bertz CT molecular complexity index is 371. The van der Waals surface area contributed by atoms with Crippen molar-refractivity contribution in [3.05, 3.63) is 0 Å². The van der Waals surface area contributed by atoms with Crippen molar-refractivity contribution in [3.8, 4) is 0 Å². The molecular weight excluding hydrogens is 278 g/mol. The van der Waals surface area contributed by atoms with Gasteiger partial charge < -0.3 is 19.9 Å². The van der Waals surface area contributed by atoms with Crippen molar-refractivity contribution in [1.82, 2.24) is 15.1 Å². The van der Waals surface area contributed by atoms with E-state index >= 15 is 0 Å². The summed E-state index contributed by atoms with van der Waals surface area (Å²) in [5, 5.41) is 3.37. The number of hydrogen-bond acceptors (Lipinski definition) is 4. The molecule has 1 N–H and O–H groups in total. The quantitative estimate of drug-likeness (QED) is 0.821. The summed E-state index contributed by atoms with van der Waals surface area (Å²) in [5.41, 5.74) is -0.275. The zero-order valence-electron chi connectivity index (χ0n) is 14.0. The minimum absolute atomic E-state index is 0.275. The molecule has 0 aromatic carbocycles. The molecule has 3 saturated heterocycles. The monoisotopic (exact) mass is 309 g/mol. The van der Waals surface area contributed by atoms with E-state index in [2.05, 4.69) is 15.1 Å². The van der Waals surface area contributed by atoms with Crippen molar-refractivity contribution in [2.75, 3.05) is 59.5 Å². The molecule has 0 spiro atoms. The third kappa shape index (κ3) is 3.47. The summed E-state index contributed by atoms with van der Waals surface area (Å²) < 4.78 is 5.42. The number of piperidine rings is 1. The lowest BCUT2D eigenvalue weighted by atomic mass is 9.78. The number of likely N-dealkylation sites (tertiary alicyclic amines) is 2. The number of rotatable bonds is 5. The molecule has 1 amide bonds. The Morgan fingerprint density at radius 2 is 1.95 bits per heavy atom. The van der Waals surface area contributed by atoms with E-state index in [1.807, 2.05) is 0 Å². The third-order valence-corrected chi connectivity index (χ3v) is 5.72. The maximum Gasteiger partial charge on any atom is 0.231 e. The van der Waals surface area contributed by atoms with Gasteiger partial charge in [-0.15, -0.1) is 0 Å². The van der Waals surface area contributed by atoms with Crippen molar-refractivity contribution < 1.29 is 9.53 Å². The highest BCUT2D eigenvalue weighted by atomic mass is 16.5. The minimum atomic E-state index is -0.275. The molecule has 3 fully saturated rings. The van der Waals surface area contributed by atoms with Crippen LogP contribution >= 0.6 is 0 Å². The first-order valence-corrected chi connectivity index (χ1v) is 8.95. The van der Waals surface area contributed by atoms with Gasteiger partial charge in [-0.3, -0.25) is 4.79 Å². The van der Waals surface area contributed by atoms with Gasteiger partial charge in [0.1, 0.15) is 0 Å². The number of amides is 1. The summed E-state index contributed by atoms with van der Waals surface area (Å²) >= 11 is 0. The lowest BCUT2D eigenvalue weighted by Crippen LogP contribution is -2.51. The molecule has 5 heteroatoms. The fourth-order valence-electron chi connectivity index (χ4n) is 4.43. The third-order valence-electron chi connectivity index (χ3n) is 5.72. The molecule has 0 radical (unpaired) electrons. The molecule has 3 rings (SSSR count). The normalized spacial score (nSPS) is 29.1. The molecule has 22 heavy (non-hydrogen) atoms. The van der Waals surface area contributed by atoms with Gasteiger partial charge in [0.05, 0.1) is 12.0 Å². The molecule has 126 valence electrons. The zero-order valence-corrected chi connectivity index (χ0v) is 14.0. The van der Waals surface area contributed by atoms with Gasteiger partial charge in [0.2, 0.25) is 5.91 Å². The van der Waals surface area contributed by atoms with E-state index in [1.54, 1.807) is 7.11 Å². The summed E-state index contributed by atoms with van der Waals surface area (Å²) in [7, 11) is 1.72. The lowest BCUT2D eigenvalue weighted by Gasteiger charge is -2.38. The molecule has 0 bridgehead atoms. The van der Waals surface area contributed by atoms with E-state index in [4.69, 9.17) is 4.74 Å². The number of hydrogen-bond donors (Lipinski definition) is 1.